The minimum atomic E-state index is -0.462. The van der Waals surface area contributed by atoms with Crippen LogP contribution < -0.4 is 4.74 Å². The third-order valence-electron chi connectivity index (χ3n) is 5.49. The molecule has 0 aliphatic carbocycles. The summed E-state index contributed by atoms with van der Waals surface area (Å²) in [4.78, 5) is 5.89. The lowest BCUT2D eigenvalue weighted by Crippen LogP contribution is -2.34. The van der Waals surface area contributed by atoms with Crippen LogP contribution in [0.25, 0.3) is 10.9 Å². The van der Waals surface area contributed by atoms with E-state index in [4.69, 9.17) is 4.74 Å². The van der Waals surface area contributed by atoms with Crippen LogP contribution in [0.4, 0.5) is 0 Å². The fourth-order valence-electron chi connectivity index (χ4n) is 3.99. The Hall–Kier alpha value is -2.30. The average Bonchev–Trinajstić information content (AvgIpc) is 3.00. The van der Waals surface area contributed by atoms with Gasteiger partial charge in [-0.3, -0.25) is 4.90 Å². The molecule has 4 nitrogen and oxygen atoms in total. The number of methoxy groups -OCH3 is 1. The van der Waals surface area contributed by atoms with Gasteiger partial charge in [-0.05, 0) is 48.7 Å². The molecule has 2 heterocycles. The number of ether oxygens (including phenoxy) is 1. The summed E-state index contributed by atoms with van der Waals surface area (Å²) in [5, 5.41) is 12.0. The predicted octanol–water partition coefficient (Wildman–Crippen LogP) is 3.89. The van der Waals surface area contributed by atoms with E-state index in [1.54, 1.807) is 7.11 Å². The van der Waals surface area contributed by atoms with Gasteiger partial charge in [0.1, 0.15) is 5.75 Å². The third kappa shape index (κ3) is 3.11. The molecule has 1 unspecified atom stereocenters. The minimum absolute atomic E-state index is 0.462. The van der Waals surface area contributed by atoms with Gasteiger partial charge >= 0.3 is 0 Å². The van der Waals surface area contributed by atoms with Gasteiger partial charge in [-0.2, -0.15) is 0 Å². The summed E-state index contributed by atoms with van der Waals surface area (Å²) in [6.07, 6.45) is 0.516. The van der Waals surface area contributed by atoms with Gasteiger partial charge in [0.15, 0.2) is 0 Å². The molecule has 136 valence electrons. The fraction of sp³-hybridized carbons (Fsp3) is 0.364. The minimum Gasteiger partial charge on any atom is -0.497 e. The SMILES string of the molecule is COc1ccc2[nH]c3c(c2c1)CN(CC(O)c1cc(C)ccc1C)CC3. The molecule has 0 bridgehead atoms. The van der Waals surface area contributed by atoms with Crippen LogP contribution >= 0.6 is 0 Å². The lowest BCUT2D eigenvalue weighted by molar-refractivity contribution is 0.105. The van der Waals surface area contributed by atoms with E-state index in [1.807, 2.05) is 6.07 Å². The summed E-state index contributed by atoms with van der Waals surface area (Å²) in [6.45, 7) is 6.60. The van der Waals surface area contributed by atoms with Crippen LogP contribution in [-0.4, -0.2) is 35.2 Å². The molecular formula is C22H26N2O2. The van der Waals surface area contributed by atoms with Crippen molar-refractivity contribution in [2.75, 3.05) is 20.2 Å². The van der Waals surface area contributed by atoms with Crippen LogP contribution in [0.3, 0.4) is 0 Å². The van der Waals surface area contributed by atoms with Crippen LogP contribution in [0.5, 0.6) is 5.75 Å². The molecule has 1 atom stereocenters. The zero-order valence-corrected chi connectivity index (χ0v) is 15.7. The number of aromatic amines is 1. The van der Waals surface area contributed by atoms with E-state index in [0.717, 1.165) is 41.9 Å². The average molecular weight is 350 g/mol. The highest BCUT2D eigenvalue weighted by Crippen LogP contribution is 2.31. The summed E-state index contributed by atoms with van der Waals surface area (Å²) in [7, 11) is 1.70. The second-order valence-electron chi connectivity index (χ2n) is 7.35. The molecule has 2 N–H and O–H groups in total. The van der Waals surface area contributed by atoms with E-state index in [-0.39, 0.29) is 0 Å². The van der Waals surface area contributed by atoms with Crippen molar-refractivity contribution >= 4 is 10.9 Å². The van der Waals surface area contributed by atoms with Crippen molar-refractivity contribution in [1.82, 2.24) is 9.88 Å². The molecule has 0 fully saturated rings. The maximum Gasteiger partial charge on any atom is 0.119 e. The Labute approximate surface area is 154 Å². The third-order valence-corrected chi connectivity index (χ3v) is 5.49. The van der Waals surface area contributed by atoms with Gasteiger partial charge in [0.25, 0.3) is 0 Å². The Morgan fingerprint density at radius 2 is 2.04 bits per heavy atom. The molecule has 2 aromatic carbocycles. The highest BCUT2D eigenvalue weighted by atomic mass is 16.5. The summed E-state index contributed by atoms with van der Waals surface area (Å²) in [5.74, 6) is 0.881. The van der Waals surface area contributed by atoms with Crippen molar-refractivity contribution in [1.29, 1.82) is 0 Å². The Morgan fingerprint density at radius 1 is 1.19 bits per heavy atom. The van der Waals surface area contributed by atoms with Crippen LogP contribution in [0.2, 0.25) is 0 Å². The van der Waals surface area contributed by atoms with Gasteiger partial charge in [0.05, 0.1) is 13.2 Å². The molecule has 1 aliphatic rings. The van der Waals surface area contributed by atoms with Gasteiger partial charge < -0.3 is 14.8 Å². The Kier molecular flexibility index (Phi) is 4.47. The monoisotopic (exact) mass is 350 g/mol. The zero-order valence-electron chi connectivity index (χ0n) is 15.7. The molecule has 26 heavy (non-hydrogen) atoms. The van der Waals surface area contributed by atoms with E-state index in [9.17, 15) is 5.11 Å². The van der Waals surface area contributed by atoms with Gasteiger partial charge in [-0.15, -0.1) is 0 Å². The molecule has 3 aromatic rings. The summed E-state index contributed by atoms with van der Waals surface area (Å²) >= 11 is 0. The lowest BCUT2D eigenvalue weighted by Gasteiger charge is -2.29. The smallest absolute Gasteiger partial charge is 0.119 e. The van der Waals surface area contributed by atoms with Crippen molar-refractivity contribution in [3.8, 4) is 5.75 Å². The molecule has 0 saturated carbocycles. The van der Waals surface area contributed by atoms with E-state index in [1.165, 1.54) is 22.2 Å². The van der Waals surface area contributed by atoms with Crippen molar-refractivity contribution in [2.24, 2.45) is 0 Å². The fourth-order valence-corrected chi connectivity index (χ4v) is 3.99. The van der Waals surface area contributed by atoms with Crippen LogP contribution in [-0.2, 0) is 13.0 Å². The van der Waals surface area contributed by atoms with Gasteiger partial charge in [-0.25, -0.2) is 0 Å². The largest absolute Gasteiger partial charge is 0.497 e. The van der Waals surface area contributed by atoms with Crippen LogP contribution in [0, 0.1) is 13.8 Å². The first-order valence-corrected chi connectivity index (χ1v) is 9.20. The maximum atomic E-state index is 10.8. The van der Waals surface area contributed by atoms with Gasteiger partial charge in [-0.1, -0.05) is 23.8 Å². The molecule has 1 aliphatic heterocycles. The predicted molar refractivity (Wildman–Crippen MR) is 105 cm³/mol. The number of fused-ring (bicyclic) bond motifs is 3. The molecule has 0 saturated heterocycles. The lowest BCUT2D eigenvalue weighted by atomic mass is 9.99. The number of hydrogen-bond donors (Lipinski definition) is 2. The van der Waals surface area contributed by atoms with Crippen molar-refractivity contribution in [3.63, 3.8) is 0 Å². The summed E-state index contributed by atoms with van der Waals surface area (Å²) < 4.78 is 5.39. The first-order valence-electron chi connectivity index (χ1n) is 9.20. The maximum absolute atomic E-state index is 10.8. The molecule has 1 aromatic heterocycles. The first kappa shape index (κ1) is 17.1. The summed E-state index contributed by atoms with van der Waals surface area (Å²) in [6, 6.07) is 12.5. The Balaban J connectivity index is 1.57. The quantitative estimate of drug-likeness (QED) is 0.751. The molecule has 4 rings (SSSR count). The van der Waals surface area contributed by atoms with Crippen molar-refractivity contribution < 1.29 is 9.84 Å². The molecule has 0 spiro atoms. The Bertz CT molecular complexity index is 945. The number of hydrogen-bond acceptors (Lipinski definition) is 3. The van der Waals surface area contributed by atoms with Gasteiger partial charge in [0, 0.05) is 42.7 Å². The van der Waals surface area contributed by atoms with Gasteiger partial charge in [0.2, 0.25) is 0 Å². The molecule has 0 radical (unpaired) electrons. The van der Waals surface area contributed by atoms with E-state index >= 15 is 0 Å². The number of rotatable bonds is 4. The number of aliphatic hydroxyl groups excluding tert-OH is 1. The number of nitrogens with one attached hydrogen (secondary N) is 1. The first-order chi connectivity index (χ1) is 12.5. The number of nitrogens with zero attached hydrogens (tertiary/aromatic N) is 1. The molecular weight excluding hydrogens is 324 g/mol. The number of aromatic nitrogens is 1. The van der Waals surface area contributed by atoms with Crippen molar-refractivity contribution in [2.45, 2.75) is 32.9 Å². The Morgan fingerprint density at radius 3 is 2.85 bits per heavy atom. The van der Waals surface area contributed by atoms with E-state index in [0.29, 0.717) is 6.54 Å². The highest BCUT2D eigenvalue weighted by molar-refractivity contribution is 5.86. The number of H-pyrrole nitrogens is 1. The van der Waals surface area contributed by atoms with Crippen LogP contribution in [0.15, 0.2) is 36.4 Å². The zero-order chi connectivity index (χ0) is 18.3. The highest BCUT2D eigenvalue weighted by Gasteiger charge is 2.23. The second-order valence-corrected chi connectivity index (χ2v) is 7.35. The number of benzene rings is 2. The van der Waals surface area contributed by atoms with E-state index in [2.05, 4.69) is 54.1 Å². The van der Waals surface area contributed by atoms with E-state index < -0.39 is 6.10 Å². The second kappa shape index (κ2) is 6.78. The standard InChI is InChI=1S/C22H26N2O2/c1-14-4-5-15(2)17(10-14)22(25)13-24-9-8-21-19(12-24)18-11-16(26-3)6-7-20(18)23-21/h4-7,10-11,22-23,25H,8-9,12-13H2,1-3H3. The topological polar surface area (TPSA) is 48.5 Å². The normalized spacial score (nSPS) is 15.8. The number of aliphatic hydroxyl groups is 1. The number of β-amino-alcohol motifs (C(OH)–C–C–N with tert-alkyl or cyclic N) is 1. The summed E-state index contributed by atoms with van der Waals surface area (Å²) in [5.41, 5.74) is 7.18. The molecule has 4 heteroatoms. The molecule has 0 amide bonds. The number of aryl methyl sites for hydroxylation is 2. The van der Waals surface area contributed by atoms with Crippen LogP contribution in [0.1, 0.15) is 34.1 Å². The van der Waals surface area contributed by atoms with Crippen molar-refractivity contribution in [3.05, 3.63) is 64.3 Å².